The Hall–Kier alpha value is -6.63. The van der Waals surface area contributed by atoms with Gasteiger partial charge in [-0.15, -0.1) is 11.3 Å². The lowest BCUT2D eigenvalue weighted by atomic mass is 10.1. The van der Waals surface area contributed by atoms with Crippen LogP contribution in [0.15, 0.2) is 164 Å². The molecule has 0 N–H and O–H groups in total. The van der Waals surface area contributed by atoms with Gasteiger partial charge in [-0.05, 0) is 30.3 Å². The molecule has 0 unspecified atom stereocenters. The van der Waals surface area contributed by atoms with Gasteiger partial charge in [0.25, 0.3) is 0 Å². The number of aromatic nitrogens is 5. The first kappa shape index (κ1) is 28.2. The van der Waals surface area contributed by atoms with Gasteiger partial charge in [0.2, 0.25) is 5.95 Å². The van der Waals surface area contributed by atoms with Gasteiger partial charge in [0.15, 0.2) is 11.6 Å². The van der Waals surface area contributed by atoms with E-state index in [2.05, 4.69) is 137 Å². The van der Waals surface area contributed by atoms with Gasteiger partial charge in [-0.2, -0.15) is 9.97 Å². The molecule has 7 aromatic carbocycles. The third kappa shape index (κ3) is 4.17. The van der Waals surface area contributed by atoms with Gasteiger partial charge in [0.05, 0.1) is 27.8 Å². The number of rotatable bonds is 4. The summed E-state index contributed by atoms with van der Waals surface area (Å²) in [6.07, 6.45) is 0. The minimum absolute atomic E-state index is 0.581. The molecule has 0 saturated carbocycles. The maximum absolute atomic E-state index is 5.25. The first-order chi connectivity index (χ1) is 25.3. The third-order valence-electron chi connectivity index (χ3n) is 9.98. The summed E-state index contributed by atoms with van der Waals surface area (Å²) in [6.45, 7) is 0. The number of fused-ring (bicyclic) bond motifs is 10. The SMILES string of the molecule is c1ccc(-c2nc(-c3ccccc3)nc(-n3c4ccccc4c4ccc5c6ccccc6n(-c6cccc7sc8ccccc8c67)c5c43)n2)cc1. The Morgan fingerprint density at radius 3 is 1.53 bits per heavy atom. The van der Waals surface area contributed by atoms with Crippen LogP contribution in [0.2, 0.25) is 0 Å². The summed E-state index contributed by atoms with van der Waals surface area (Å²) in [6, 6.07) is 57.7. The minimum atomic E-state index is 0.581. The summed E-state index contributed by atoms with van der Waals surface area (Å²) in [5.74, 6) is 1.85. The smallest absolute Gasteiger partial charge is 0.238 e. The van der Waals surface area contributed by atoms with Crippen LogP contribution in [-0.2, 0) is 0 Å². The van der Waals surface area contributed by atoms with Crippen molar-refractivity contribution >= 4 is 75.1 Å². The van der Waals surface area contributed by atoms with Crippen LogP contribution in [-0.4, -0.2) is 24.1 Å². The molecular formula is C45H27N5S. The van der Waals surface area contributed by atoms with E-state index in [-0.39, 0.29) is 0 Å². The minimum Gasteiger partial charge on any atom is -0.306 e. The molecular weight excluding hydrogens is 643 g/mol. The molecule has 0 bridgehead atoms. The molecule has 0 aliphatic rings. The zero-order valence-corrected chi connectivity index (χ0v) is 28.0. The molecule has 5 nitrogen and oxygen atoms in total. The highest BCUT2D eigenvalue weighted by Gasteiger charge is 2.24. The predicted octanol–water partition coefficient (Wildman–Crippen LogP) is 11.8. The second kappa shape index (κ2) is 10.9. The number of thiophene rings is 1. The van der Waals surface area contributed by atoms with E-state index in [0.29, 0.717) is 17.6 Å². The Kier molecular flexibility index (Phi) is 6.05. The molecule has 0 aliphatic heterocycles. The Morgan fingerprint density at radius 2 is 0.882 bits per heavy atom. The molecule has 238 valence electrons. The quantitative estimate of drug-likeness (QED) is 0.187. The molecule has 11 rings (SSSR count). The van der Waals surface area contributed by atoms with Crippen LogP contribution < -0.4 is 0 Å². The highest BCUT2D eigenvalue weighted by atomic mass is 32.1. The van der Waals surface area contributed by atoms with Crippen LogP contribution in [0.1, 0.15) is 0 Å². The molecule has 51 heavy (non-hydrogen) atoms. The number of hydrogen-bond donors (Lipinski definition) is 0. The lowest BCUT2D eigenvalue weighted by Crippen LogP contribution is -2.07. The molecule has 11 aromatic rings. The van der Waals surface area contributed by atoms with Crippen molar-refractivity contribution in [2.24, 2.45) is 0 Å². The van der Waals surface area contributed by atoms with E-state index in [1.807, 2.05) is 47.7 Å². The zero-order valence-electron chi connectivity index (χ0n) is 27.2. The largest absolute Gasteiger partial charge is 0.306 e. The molecule has 0 aliphatic carbocycles. The van der Waals surface area contributed by atoms with Crippen molar-refractivity contribution in [2.45, 2.75) is 0 Å². The van der Waals surface area contributed by atoms with Gasteiger partial charge in [-0.3, -0.25) is 4.57 Å². The second-order valence-corrected chi connectivity index (χ2v) is 13.9. The van der Waals surface area contributed by atoms with Crippen molar-refractivity contribution in [1.82, 2.24) is 24.1 Å². The Balaban J connectivity index is 1.34. The summed E-state index contributed by atoms with van der Waals surface area (Å²) in [7, 11) is 0. The number of benzene rings is 7. The van der Waals surface area contributed by atoms with E-state index in [1.54, 1.807) is 0 Å². The number of nitrogens with zero attached hydrogens (tertiary/aromatic N) is 5. The van der Waals surface area contributed by atoms with Crippen LogP contribution in [0, 0.1) is 0 Å². The molecule has 0 saturated heterocycles. The fraction of sp³-hybridized carbons (Fsp3) is 0. The molecule has 0 fully saturated rings. The predicted molar refractivity (Wildman–Crippen MR) is 212 cm³/mol. The van der Waals surface area contributed by atoms with Crippen LogP contribution in [0.5, 0.6) is 0 Å². The number of para-hydroxylation sites is 2. The van der Waals surface area contributed by atoms with Gasteiger partial charge < -0.3 is 4.57 Å². The van der Waals surface area contributed by atoms with E-state index in [0.717, 1.165) is 49.7 Å². The van der Waals surface area contributed by atoms with Gasteiger partial charge in [0.1, 0.15) is 0 Å². The van der Waals surface area contributed by atoms with Crippen molar-refractivity contribution in [3.63, 3.8) is 0 Å². The standard InChI is InChI=1S/C45H27N5S/c1-3-14-28(15-4-1)43-46-44(29-16-5-2-6-17-29)48-45(47-43)50-36-22-11-8-19-31(36)33-27-26-32-30-18-7-10-21-35(30)49(41(32)42(33)50)37-23-13-25-39-40(37)34-20-9-12-24-38(34)51-39/h1-27H. The van der Waals surface area contributed by atoms with Gasteiger partial charge in [-0.1, -0.05) is 133 Å². The fourth-order valence-corrected chi connectivity index (χ4v) is 8.93. The Bertz CT molecular complexity index is 3080. The van der Waals surface area contributed by atoms with Crippen LogP contribution >= 0.6 is 11.3 Å². The summed E-state index contributed by atoms with van der Waals surface area (Å²) < 4.78 is 7.28. The maximum atomic E-state index is 5.25. The molecule has 4 heterocycles. The van der Waals surface area contributed by atoms with E-state index in [1.165, 1.54) is 30.9 Å². The lowest BCUT2D eigenvalue weighted by molar-refractivity contribution is 0.953. The molecule has 0 radical (unpaired) electrons. The van der Waals surface area contributed by atoms with Crippen molar-refractivity contribution in [3.05, 3.63) is 164 Å². The van der Waals surface area contributed by atoms with Crippen LogP contribution in [0.4, 0.5) is 0 Å². The average molecular weight is 670 g/mol. The Labute approximate surface area is 296 Å². The average Bonchev–Trinajstić information content (AvgIpc) is 3.86. The summed E-state index contributed by atoms with van der Waals surface area (Å²) in [5, 5.41) is 7.20. The molecule has 0 spiro atoms. The zero-order chi connectivity index (χ0) is 33.5. The van der Waals surface area contributed by atoms with Crippen molar-refractivity contribution in [3.8, 4) is 34.4 Å². The Morgan fingerprint density at radius 1 is 0.373 bits per heavy atom. The van der Waals surface area contributed by atoms with Gasteiger partial charge in [-0.25, -0.2) is 4.98 Å². The highest BCUT2D eigenvalue weighted by Crippen LogP contribution is 2.44. The monoisotopic (exact) mass is 669 g/mol. The van der Waals surface area contributed by atoms with Gasteiger partial charge >= 0.3 is 0 Å². The van der Waals surface area contributed by atoms with Gasteiger partial charge in [0, 0.05) is 52.8 Å². The second-order valence-electron chi connectivity index (χ2n) is 12.8. The van der Waals surface area contributed by atoms with E-state index in [4.69, 9.17) is 15.0 Å². The first-order valence-corrected chi connectivity index (χ1v) is 17.9. The molecule has 0 atom stereocenters. The highest BCUT2D eigenvalue weighted by molar-refractivity contribution is 7.25. The molecule has 6 heteroatoms. The van der Waals surface area contributed by atoms with E-state index >= 15 is 0 Å². The topological polar surface area (TPSA) is 48.5 Å². The maximum Gasteiger partial charge on any atom is 0.238 e. The summed E-state index contributed by atoms with van der Waals surface area (Å²) in [4.78, 5) is 15.5. The summed E-state index contributed by atoms with van der Waals surface area (Å²) >= 11 is 1.84. The molecule has 4 aromatic heterocycles. The van der Waals surface area contributed by atoms with E-state index < -0.39 is 0 Å². The number of hydrogen-bond acceptors (Lipinski definition) is 4. The molecule has 0 amide bonds. The lowest BCUT2D eigenvalue weighted by Gasteiger charge is -2.14. The fourth-order valence-electron chi connectivity index (χ4n) is 7.80. The van der Waals surface area contributed by atoms with Crippen molar-refractivity contribution in [2.75, 3.05) is 0 Å². The summed E-state index contributed by atoms with van der Waals surface area (Å²) in [5.41, 5.74) is 7.42. The first-order valence-electron chi connectivity index (χ1n) is 17.0. The normalized spacial score (nSPS) is 11.9. The third-order valence-corrected chi connectivity index (χ3v) is 11.1. The van der Waals surface area contributed by atoms with Crippen LogP contribution in [0.3, 0.4) is 0 Å². The van der Waals surface area contributed by atoms with Crippen molar-refractivity contribution < 1.29 is 0 Å². The van der Waals surface area contributed by atoms with E-state index in [9.17, 15) is 0 Å². The van der Waals surface area contributed by atoms with Crippen molar-refractivity contribution in [1.29, 1.82) is 0 Å². The van der Waals surface area contributed by atoms with Crippen LogP contribution in [0.25, 0.3) is 98.2 Å².